The Bertz CT molecular complexity index is 296. The molecule has 4 heteroatoms. The second-order valence-electron chi connectivity index (χ2n) is 2.87. The lowest BCUT2D eigenvalue weighted by atomic mass is 9.99. The van der Waals surface area contributed by atoms with Crippen molar-refractivity contribution in [3.8, 4) is 0 Å². The lowest BCUT2D eigenvalue weighted by Gasteiger charge is -2.33. The van der Waals surface area contributed by atoms with Crippen LogP contribution in [-0.4, -0.2) is 33.3 Å². The van der Waals surface area contributed by atoms with Gasteiger partial charge in [0.15, 0.2) is 7.98 Å². The molecule has 0 N–H and O–H groups in total. The van der Waals surface area contributed by atoms with Crippen LogP contribution in [0.3, 0.4) is 0 Å². The van der Waals surface area contributed by atoms with E-state index in [-0.39, 0.29) is 0 Å². The summed E-state index contributed by atoms with van der Waals surface area (Å²) in [6, 6.07) is 0. The van der Waals surface area contributed by atoms with E-state index < -0.39 is 6.13 Å². The third kappa shape index (κ3) is 2.42. The Morgan fingerprint density at radius 2 is 2.21 bits per heavy atom. The molecule has 1 aliphatic rings. The summed E-state index contributed by atoms with van der Waals surface area (Å²) in [6.45, 7) is 7.78. The molecular formula is C10H11B2NO. The fourth-order valence-corrected chi connectivity index (χ4v) is 1.10. The van der Waals surface area contributed by atoms with Gasteiger partial charge in [0.1, 0.15) is 13.6 Å². The summed E-state index contributed by atoms with van der Waals surface area (Å²) in [5.74, 6) is 0.689. The van der Waals surface area contributed by atoms with E-state index in [1.54, 1.807) is 24.3 Å². The highest BCUT2D eigenvalue weighted by Gasteiger charge is 2.18. The molecule has 2 nitrogen and oxygen atoms in total. The van der Waals surface area contributed by atoms with Crippen molar-refractivity contribution in [3.05, 3.63) is 48.8 Å². The van der Waals surface area contributed by atoms with E-state index in [0.717, 1.165) is 5.57 Å². The highest BCUT2D eigenvalue weighted by molar-refractivity contribution is 6.16. The molecule has 1 atom stereocenters. The molecule has 1 aliphatic heterocycles. The minimum atomic E-state index is -0.608. The standard InChI is InChI=1S/C10H11B2NO/c1-3-5-6-9-8(4-2)7-13(12)10(11)14-9/h3-6,10H,1-2,7H2/b6-5-. The molecule has 68 valence electrons. The summed E-state index contributed by atoms with van der Waals surface area (Å²) in [6.07, 6.45) is 6.32. The van der Waals surface area contributed by atoms with Gasteiger partial charge < -0.3 is 9.55 Å². The number of ether oxygens (including phenoxy) is 1. The van der Waals surface area contributed by atoms with E-state index in [1.165, 1.54) is 4.81 Å². The molecule has 14 heavy (non-hydrogen) atoms. The van der Waals surface area contributed by atoms with E-state index in [4.69, 9.17) is 20.6 Å². The molecule has 4 radical (unpaired) electrons. The van der Waals surface area contributed by atoms with Gasteiger partial charge in [-0.2, -0.15) is 0 Å². The summed E-state index contributed by atoms with van der Waals surface area (Å²) >= 11 is 0. The number of hydrogen-bond acceptors (Lipinski definition) is 2. The van der Waals surface area contributed by atoms with E-state index in [2.05, 4.69) is 13.2 Å². The topological polar surface area (TPSA) is 12.5 Å². The third-order valence-corrected chi connectivity index (χ3v) is 1.87. The van der Waals surface area contributed by atoms with Crippen molar-refractivity contribution in [1.29, 1.82) is 0 Å². The van der Waals surface area contributed by atoms with E-state index >= 15 is 0 Å². The van der Waals surface area contributed by atoms with Crippen molar-refractivity contribution in [2.45, 2.75) is 6.13 Å². The average Bonchev–Trinajstić information content (AvgIpc) is 2.19. The van der Waals surface area contributed by atoms with Crippen LogP contribution in [0.25, 0.3) is 0 Å². The largest absolute Gasteiger partial charge is 0.486 e. The Morgan fingerprint density at radius 3 is 2.79 bits per heavy atom. The molecule has 0 bridgehead atoms. The molecule has 0 aromatic carbocycles. The van der Waals surface area contributed by atoms with Gasteiger partial charge in [-0.3, -0.25) is 0 Å². The van der Waals surface area contributed by atoms with Crippen molar-refractivity contribution in [2.75, 3.05) is 6.54 Å². The van der Waals surface area contributed by atoms with Crippen LogP contribution >= 0.6 is 0 Å². The lowest BCUT2D eigenvalue weighted by molar-refractivity contribution is 0.0846. The summed E-state index contributed by atoms with van der Waals surface area (Å²) in [4.78, 5) is 1.41. The Kier molecular flexibility index (Phi) is 3.84. The van der Waals surface area contributed by atoms with Gasteiger partial charge in [0.05, 0.1) is 6.13 Å². The zero-order valence-electron chi connectivity index (χ0n) is 8.02. The maximum absolute atomic E-state index is 5.61. The van der Waals surface area contributed by atoms with Crippen LogP contribution in [0, 0.1) is 0 Å². The van der Waals surface area contributed by atoms with Gasteiger partial charge in [-0.05, 0) is 6.08 Å². The van der Waals surface area contributed by atoms with E-state index in [0.29, 0.717) is 12.3 Å². The first-order chi connectivity index (χ1) is 6.69. The molecule has 0 aromatic heterocycles. The predicted molar refractivity (Wildman–Crippen MR) is 59.6 cm³/mol. The van der Waals surface area contributed by atoms with Crippen LogP contribution in [0.2, 0.25) is 0 Å². The maximum Gasteiger partial charge on any atom is 0.186 e. The van der Waals surface area contributed by atoms with Gasteiger partial charge in [0.2, 0.25) is 0 Å². The normalized spacial score (nSPS) is 23.6. The molecule has 0 aliphatic carbocycles. The third-order valence-electron chi connectivity index (χ3n) is 1.87. The fraction of sp³-hybridized carbons (Fsp3) is 0.200. The van der Waals surface area contributed by atoms with Crippen molar-refractivity contribution in [2.24, 2.45) is 0 Å². The van der Waals surface area contributed by atoms with Crippen molar-refractivity contribution in [1.82, 2.24) is 4.81 Å². The highest BCUT2D eigenvalue weighted by atomic mass is 16.5. The highest BCUT2D eigenvalue weighted by Crippen LogP contribution is 2.19. The monoisotopic (exact) mass is 183 g/mol. The number of rotatable bonds is 3. The molecule has 0 aromatic rings. The first-order valence-electron chi connectivity index (χ1n) is 4.27. The van der Waals surface area contributed by atoms with Gasteiger partial charge in [-0.15, -0.1) is 0 Å². The molecule has 0 saturated heterocycles. The van der Waals surface area contributed by atoms with Crippen molar-refractivity contribution in [3.63, 3.8) is 0 Å². The molecule has 0 spiro atoms. The van der Waals surface area contributed by atoms with Gasteiger partial charge in [0.25, 0.3) is 0 Å². The summed E-state index contributed by atoms with van der Waals surface area (Å²) < 4.78 is 5.36. The maximum atomic E-state index is 5.61. The summed E-state index contributed by atoms with van der Waals surface area (Å²) in [7, 11) is 11.2. The number of allylic oxidation sites excluding steroid dienone is 3. The minimum absolute atomic E-state index is 0.529. The Hall–Kier alpha value is -1.15. The fourth-order valence-electron chi connectivity index (χ4n) is 1.10. The smallest absolute Gasteiger partial charge is 0.186 e. The predicted octanol–water partition coefficient (Wildman–Crippen LogP) is 1.04. The van der Waals surface area contributed by atoms with Crippen LogP contribution in [0.4, 0.5) is 0 Å². The molecule has 0 saturated carbocycles. The van der Waals surface area contributed by atoms with Crippen molar-refractivity contribution >= 4 is 15.8 Å². The van der Waals surface area contributed by atoms with Crippen LogP contribution in [0.15, 0.2) is 48.8 Å². The average molecular weight is 183 g/mol. The second kappa shape index (κ2) is 4.91. The van der Waals surface area contributed by atoms with Gasteiger partial charge in [0, 0.05) is 12.1 Å². The molecular weight excluding hydrogens is 172 g/mol. The SMILES string of the molecule is [B]C1OC(/C=C\C=C)=C(C=C)CN1[B]. The second-order valence-corrected chi connectivity index (χ2v) is 2.87. The summed E-state index contributed by atoms with van der Waals surface area (Å²) in [5.41, 5.74) is 0.910. The zero-order valence-corrected chi connectivity index (χ0v) is 8.02. The molecule has 1 rings (SSSR count). The van der Waals surface area contributed by atoms with Crippen LogP contribution in [0.5, 0.6) is 0 Å². The molecule has 0 amide bonds. The van der Waals surface area contributed by atoms with Gasteiger partial charge >= 0.3 is 0 Å². The van der Waals surface area contributed by atoms with Crippen LogP contribution < -0.4 is 0 Å². The zero-order chi connectivity index (χ0) is 10.6. The van der Waals surface area contributed by atoms with Gasteiger partial charge in [-0.25, -0.2) is 0 Å². The quantitative estimate of drug-likeness (QED) is 0.478. The summed E-state index contributed by atoms with van der Waals surface area (Å²) in [5, 5.41) is 0. The molecule has 1 unspecified atom stereocenters. The molecule has 0 fully saturated rings. The van der Waals surface area contributed by atoms with E-state index in [9.17, 15) is 0 Å². The number of hydrogen-bond donors (Lipinski definition) is 0. The Balaban J connectivity index is 2.90. The Morgan fingerprint density at radius 1 is 1.50 bits per heavy atom. The Labute approximate surface area is 87.5 Å². The number of nitrogens with zero attached hydrogens (tertiary/aromatic N) is 1. The molecule has 1 heterocycles. The van der Waals surface area contributed by atoms with E-state index in [1.807, 2.05) is 0 Å². The first kappa shape index (κ1) is 10.9. The van der Waals surface area contributed by atoms with Gasteiger partial charge in [-0.1, -0.05) is 31.4 Å². The minimum Gasteiger partial charge on any atom is -0.486 e. The van der Waals surface area contributed by atoms with Crippen molar-refractivity contribution < 1.29 is 4.74 Å². The first-order valence-corrected chi connectivity index (χ1v) is 4.27. The van der Waals surface area contributed by atoms with Crippen LogP contribution in [0.1, 0.15) is 0 Å². The van der Waals surface area contributed by atoms with Crippen LogP contribution in [-0.2, 0) is 4.74 Å². The lowest BCUT2D eigenvalue weighted by Crippen LogP contribution is -2.40.